The van der Waals surface area contributed by atoms with Gasteiger partial charge in [0.15, 0.2) is 0 Å². The van der Waals surface area contributed by atoms with Gasteiger partial charge < -0.3 is 5.32 Å². The van der Waals surface area contributed by atoms with Crippen LogP contribution in [0, 0.1) is 5.92 Å². The predicted molar refractivity (Wildman–Crippen MR) is 62.4 cm³/mol. The zero-order valence-corrected chi connectivity index (χ0v) is 9.99. The molecule has 0 aliphatic heterocycles. The van der Waals surface area contributed by atoms with Crippen LogP contribution in [0.2, 0.25) is 0 Å². The molecule has 1 saturated carbocycles. The van der Waals surface area contributed by atoms with E-state index in [0.29, 0.717) is 6.04 Å². The molecule has 1 rings (SSSR count). The SMILES string of the molecule is CSCC(C)NC(C)C1CCCC1. The summed E-state index contributed by atoms with van der Waals surface area (Å²) in [7, 11) is 0. The fourth-order valence-electron chi connectivity index (χ4n) is 2.34. The van der Waals surface area contributed by atoms with Gasteiger partial charge in [-0.1, -0.05) is 12.8 Å². The topological polar surface area (TPSA) is 12.0 Å². The molecule has 1 aliphatic carbocycles. The van der Waals surface area contributed by atoms with Gasteiger partial charge in [0.05, 0.1) is 0 Å². The van der Waals surface area contributed by atoms with E-state index in [1.54, 1.807) is 0 Å². The van der Waals surface area contributed by atoms with Gasteiger partial charge in [0.1, 0.15) is 0 Å². The van der Waals surface area contributed by atoms with Crippen molar-refractivity contribution < 1.29 is 0 Å². The Balaban J connectivity index is 2.18. The van der Waals surface area contributed by atoms with Gasteiger partial charge in [-0.3, -0.25) is 0 Å². The maximum atomic E-state index is 3.70. The first-order valence-electron chi connectivity index (χ1n) is 5.49. The maximum absolute atomic E-state index is 3.70. The third-order valence-electron chi connectivity index (χ3n) is 3.07. The highest BCUT2D eigenvalue weighted by molar-refractivity contribution is 7.98. The summed E-state index contributed by atoms with van der Waals surface area (Å²) in [4.78, 5) is 0. The lowest BCUT2D eigenvalue weighted by atomic mass is 9.99. The molecule has 1 aliphatic rings. The Hall–Kier alpha value is 0.310. The van der Waals surface area contributed by atoms with Gasteiger partial charge >= 0.3 is 0 Å². The first-order valence-corrected chi connectivity index (χ1v) is 6.88. The zero-order chi connectivity index (χ0) is 9.68. The molecule has 13 heavy (non-hydrogen) atoms. The fourth-order valence-corrected chi connectivity index (χ4v) is 2.94. The number of rotatable bonds is 5. The third-order valence-corrected chi connectivity index (χ3v) is 3.90. The Morgan fingerprint density at radius 3 is 2.46 bits per heavy atom. The number of nitrogens with one attached hydrogen (secondary N) is 1. The summed E-state index contributed by atoms with van der Waals surface area (Å²) < 4.78 is 0. The van der Waals surface area contributed by atoms with E-state index in [9.17, 15) is 0 Å². The molecule has 1 fully saturated rings. The molecule has 0 aromatic carbocycles. The van der Waals surface area contributed by atoms with Crippen LogP contribution in [0.15, 0.2) is 0 Å². The van der Waals surface area contributed by atoms with Gasteiger partial charge in [-0.2, -0.15) is 11.8 Å². The van der Waals surface area contributed by atoms with Gasteiger partial charge in [0.2, 0.25) is 0 Å². The van der Waals surface area contributed by atoms with E-state index in [4.69, 9.17) is 0 Å². The van der Waals surface area contributed by atoms with Crippen LogP contribution in [0.25, 0.3) is 0 Å². The van der Waals surface area contributed by atoms with Crippen molar-refractivity contribution in [2.45, 2.75) is 51.6 Å². The third kappa shape index (κ3) is 3.90. The molecular formula is C11H23NS. The Morgan fingerprint density at radius 2 is 1.92 bits per heavy atom. The molecule has 0 amide bonds. The van der Waals surface area contributed by atoms with E-state index in [1.165, 1.54) is 31.4 Å². The van der Waals surface area contributed by atoms with Crippen LogP contribution >= 0.6 is 11.8 Å². The monoisotopic (exact) mass is 201 g/mol. The molecule has 2 heteroatoms. The summed E-state index contributed by atoms with van der Waals surface area (Å²) in [6.45, 7) is 4.65. The molecule has 0 saturated heterocycles. The molecule has 0 bridgehead atoms. The molecule has 0 heterocycles. The first kappa shape index (κ1) is 11.4. The van der Waals surface area contributed by atoms with Gasteiger partial charge in [0, 0.05) is 17.8 Å². The largest absolute Gasteiger partial charge is 0.311 e. The molecule has 0 spiro atoms. The molecule has 0 aromatic heterocycles. The van der Waals surface area contributed by atoms with Crippen LogP contribution in [-0.2, 0) is 0 Å². The number of hydrogen-bond donors (Lipinski definition) is 1. The van der Waals surface area contributed by atoms with Crippen molar-refractivity contribution in [2.75, 3.05) is 12.0 Å². The second-order valence-electron chi connectivity index (χ2n) is 4.36. The van der Waals surface area contributed by atoms with Crippen molar-refractivity contribution in [1.29, 1.82) is 0 Å². The van der Waals surface area contributed by atoms with Gasteiger partial charge in [-0.25, -0.2) is 0 Å². The second kappa shape index (κ2) is 5.92. The Bertz CT molecular complexity index is 132. The van der Waals surface area contributed by atoms with E-state index < -0.39 is 0 Å². The summed E-state index contributed by atoms with van der Waals surface area (Å²) in [5.41, 5.74) is 0. The van der Waals surface area contributed by atoms with Gasteiger partial charge in [0.25, 0.3) is 0 Å². The Labute approximate surface area is 87.1 Å². The highest BCUT2D eigenvalue weighted by Gasteiger charge is 2.21. The van der Waals surface area contributed by atoms with Crippen LogP contribution in [0.3, 0.4) is 0 Å². The van der Waals surface area contributed by atoms with E-state index in [-0.39, 0.29) is 0 Å². The summed E-state index contributed by atoms with van der Waals surface area (Å²) in [5, 5.41) is 3.70. The van der Waals surface area contributed by atoms with Crippen LogP contribution < -0.4 is 5.32 Å². The lowest BCUT2D eigenvalue weighted by molar-refractivity contribution is 0.360. The van der Waals surface area contributed by atoms with Crippen LogP contribution in [0.5, 0.6) is 0 Å². The lowest BCUT2D eigenvalue weighted by Crippen LogP contribution is -2.39. The highest BCUT2D eigenvalue weighted by atomic mass is 32.2. The minimum atomic E-state index is 0.672. The van der Waals surface area contributed by atoms with Crippen molar-refractivity contribution >= 4 is 11.8 Å². The van der Waals surface area contributed by atoms with Crippen LogP contribution in [0.1, 0.15) is 39.5 Å². The van der Waals surface area contributed by atoms with Crippen LogP contribution in [-0.4, -0.2) is 24.1 Å². The Morgan fingerprint density at radius 1 is 1.31 bits per heavy atom. The van der Waals surface area contributed by atoms with E-state index in [0.717, 1.165) is 12.0 Å². The summed E-state index contributed by atoms with van der Waals surface area (Å²) in [6.07, 6.45) is 7.97. The highest BCUT2D eigenvalue weighted by Crippen LogP contribution is 2.27. The normalized spacial score (nSPS) is 23.3. The molecule has 1 nitrogen and oxygen atoms in total. The maximum Gasteiger partial charge on any atom is 0.0132 e. The summed E-state index contributed by atoms with van der Waals surface area (Å²) >= 11 is 1.93. The van der Waals surface area contributed by atoms with E-state index in [1.807, 2.05) is 11.8 Å². The number of thioether (sulfide) groups is 1. The smallest absolute Gasteiger partial charge is 0.0132 e. The van der Waals surface area contributed by atoms with Crippen molar-refractivity contribution in [1.82, 2.24) is 5.32 Å². The predicted octanol–water partition coefficient (Wildman–Crippen LogP) is 2.91. The summed E-state index contributed by atoms with van der Waals surface area (Å²) in [6, 6.07) is 1.40. The zero-order valence-electron chi connectivity index (χ0n) is 9.18. The molecular weight excluding hydrogens is 178 g/mol. The van der Waals surface area contributed by atoms with E-state index in [2.05, 4.69) is 25.4 Å². The fraction of sp³-hybridized carbons (Fsp3) is 1.00. The van der Waals surface area contributed by atoms with Crippen molar-refractivity contribution in [3.05, 3.63) is 0 Å². The summed E-state index contributed by atoms with van der Waals surface area (Å²) in [5.74, 6) is 2.18. The van der Waals surface area contributed by atoms with Crippen molar-refractivity contribution in [3.8, 4) is 0 Å². The van der Waals surface area contributed by atoms with Gasteiger partial charge in [-0.15, -0.1) is 0 Å². The van der Waals surface area contributed by atoms with Gasteiger partial charge in [-0.05, 0) is 38.9 Å². The Kier molecular flexibility index (Phi) is 5.18. The molecule has 2 atom stereocenters. The molecule has 1 N–H and O–H groups in total. The number of hydrogen-bond acceptors (Lipinski definition) is 2. The quantitative estimate of drug-likeness (QED) is 0.734. The lowest BCUT2D eigenvalue weighted by Gasteiger charge is -2.24. The van der Waals surface area contributed by atoms with Crippen LogP contribution in [0.4, 0.5) is 0 Å². The molecule has 2 unspecified atom stereocenters. The van der Waals surface area contributed by atoms with Crippen molar-refractivity contribution in [2.24, 2.45) is 5.92 Å². The molecule has 0 radical (unpaired) electrons. The molecule has 78 valence electrons. The average molecular weight is 201 g/mol. The minimum absolute atomic E-state index is 0.672. The van der Waals surface area contributed by atoms with Crippen molar-refractivity contribution in [3.63, 3.8) is 0 Å². The first-order chi connectivity index (χ1) is 6.24. The molecule has 0 aromatic rings. The standard InChI is InChI=1S/C11H23NS/c1-9(8-13-3)12-10(2)11-6-4-5-7-11/h9-12H,4-8H2,1-3H3. The average Bonchev–Trinajstić information content (AvgIpc) is 2.55. The minimum Gasteiger partial charge on any atom is -0.311 e. The second-order valence-corrected chi connectivity index (χ2v) is 5.27. The van der Waals surface area contributed by atoms with E-state index >= 15 is 0 Å².